The third-order valence-corrected chi connectivity index (χ3v) is 3.22. The summed E-state index contributed by atoms with van der Waals surface area (Å²) in [5.41, 5.74) is 1.95. The van der Waals surface area contributed by atoms with Crippen LogP contribution >= 0.6 is 0 Å². The summed E-state index contributed by atoms with van der Waals surface area (Å²) in [6.07, 6.45) is -1.15. The molecule has 0 aromatic heterocycles. The smallest absolute Gasteiger partial charge is 0.335 e. The second kappa shape index (κ2) is 8.34. The second-order valence-electron chi connectivity index (χ2n) is 5.62. The van der Waals surface area contributed by atoms with Gasteiger partial charge in [-0.15, -0.1) is 0 Å². The van der Waals surface area contributed by atoms with E-state index in [1.54, 1.807) is 13.8 Å². The number of aliphatic hydroxyl groups is 1. The molecule has 0 aliphatic heterocycles. The Balaban J connectivity index is 1.85. The number of esters is 1. The predicted octanol–water partition coefficient (Wildman–Crippen LogP) is 3.12. The maximum atomic E-state index is 11.6. The third-order valence-electron chi connectivity index (χ3n) is 3.22. The Morgan fingerprint density at radius 2 is 1.65 bits per heavy atom. The first-order chi connectivity index (χ1) is 11.0. The fraction of sp³-hybridized carbons (Fsp3) is 0.316. The van der Waals surface area contributed by atoms with E-state index in [4.69, 9.17) is 9.47 Å². The fourth-order valence-corrected chi connectivity index (χ4v) is 2.08. The minimum Gasteiger partial charge on any atom is -0.489 e. The summed E-state index contributed by atoms with van der Waals surface area (Å²) >= 11 is 0. The molecule has 2 rings (SSSR count). The van der Waals surface area contributed by atoms with Gasteiger partial charge < -0.3 is 14.6 Å². The fourth-order valence-electron chi connectivity index (χ4n) is 2.08. The van der Waals surface area contributed by atoms with Crippen LogP contribution in [0.1, 0.15) is 25.0 Å². The summed E-state index contributed by atoms with van der Waals surface area (Å²) in [6, 6.07) is 17.3. The highest BCUT2D eigenvalue weighted by atomic mass is 16.6. The van der Waals surface area contributed by atoms with Crippen LogP contribution in [0.15, 0.2) is 54.6 Å². The molecule has 0 amide bonds. The van der Waals surface area contributed by atoms with Crippen LogP contribution in [0, 0.1) is 0 Å². The van der Waals surface area contributed by atoms with Crippen LogP contribution in [-0.2, 0) is 22.6 Å². The topological polar surface area (TPSA) is 55.8 Å². The van der Waals surface area contributed by atoms with Gasteiger partial charge in [0.15, 0.2) is 6.10 Å². The Kier molecular flexibility index (Phi) is 6.18. The standard InChI is InChI=1S/C19H22O4/c1-14(2)23-19(21)18(20)12-15-8-10-17(11-9-15)22-13-16-6-4-3-5-7-16/h3-11,14,18,20H,12-13H2,1-2H3. The molecule has 0 saturated carbocycles. The molecule has 0 aliphatic rings. The molecule has 0 heterocycles. The maximum Gasteiger partial charge on any atom is 0.335 e. The zero-order valence-electron chi connectivity index (χ0n) is 13.4. The Morgan fingerprint density at radius 1 is 1.00 bits per heavy atom. The first kappa shape index (κ1) is 17.0. The summed E-state index contributed by atoms with van der Waals surface area (Å²) in [5, 5.41) is 9.84. The molecule has 1 N–H and O–H groups in total. The molecule has 4 nitrogen and oxygen atoms in total. The van der Waals surface area contributed by atoms with Crippen LogP contribution in [0.2, 0.25) is 0 Å². The lowest BCUT2D eigenvalue weighted by Gasteiger charge is -2.13. The van der Waals surface area contributed by atoms with Gasteiger partial charge in [-0.05, 0) is 37.1 Å². The average molecular weight is 314 g/mol. The molecule has 0 radical (unpaired) electrons. The van der Waals surface area contributed by atoms with Gasteiger partial charge in [0, 0.05) is 6.42 Å². The van der Waals surface area contributed by atoms with E-state index >= 15 is 0 Å². The van der Waals surface area contributed by atoms with Crippen molar-refractivity contribution in [3.63, 3.8) is 0 Å². The molecule has 0 aliphatic carbocycles. The minimum absolute atomic E-state index is 0.227. The van der Waals surface area contributed by atoms with Crippen LogP contribution in [-0.4, -0.2) is 23.3 Å². The summed E-state index contributed by atoms with van der Waals surface area (Å²) in [6.45, 7) is 4.01. The van der Waals surface area contributed by atoms with Crippen molar-refractivity contribution >= 4 is 5.97 Å². The lowest BCUT2D eigenvalue weighted by atomic mass is 10.1. The maximum absolute atomic E-state index is 11.6. The molecule has 2 aromatic rings. The highest BCUT2D eigenvalue weighted by Gasteiger charge is 2.18. The van der Waals surface area contributed by atoms with Crippen LogP contribution < -0.4 is 4.74 Å². The van der Waals surface area contributed by atoms with Gasteiger partial charge in [0.25, 0.3) is 0 Å². The number of aliphatic hydroxyl groups excluding tert-OH is 1. The molecule has 0 saturated heterocycles. The van der Waals surface area contributed by atoms with E-state index in [0.29, 0.717) is 6.61 Å². The number of rotatable bonds is 7. The van der Waals surface area contributed by atoms with Crippen LogP contribution in [0.4, 0.5) is 0 Å². The third kappa shape index (κ3) is 5.75. The van der Waals surface area contributed by atoms with Gasteiger partial charge in [-0.2, -0.15) is 0 Å². The van der Waals surface area contributed by atoms with Gasteiger partial charge in [-0.1, -0.05) is 42.5 Å². The molecule has 23 heavy (non-hydrogen) atoms. The van der Waals surface area contributed by atoms with Crippen molar-refractivity contribution < 1.29 is 19.4 Å². The van der Waals surface area contributed by atoms with Gasteiger partial charge in [0.2, 0.25) is 0 Å². The normalized spacial score (nSPS) is 12.0. The molecular weight excluding hydrogens is 292 g/mol. The monoisotopic (exact) mass is 314 g/mol. The van der Waals surface area contributed by atoms with E-state index in [1.165, 1.54) is 0 Å². The molecule has 4 heteroatoms. The summed E-state index contributed by atoms with van der Waals surface area (Å²) in [4.78, 5) is 11.6. The highest BCUT2D eigenvalue weighted by molar-refractivity contribution is 5.74. The van der Waals surface area contributed by atoms with E-state index in [-0.39, 0.29) is 12.5 Å². The van der Waals surface area contributed by atoms with E-state index in [2.05, 4.69) is 0 Å². The predicted molar refractivity (Wildman–Crippen MR) is 88.2 cm³/mol. The van der Waals surface area contributed by atoms with Crippen molar-refractivity contribution in [2.45, 2.75) is 39.1 Å². The van der Waals surface area contributed by atoms with Crippen molar-refractivity contribution in [1.82, 2.24) is 0 Å². The van der Waals surface area contributed by atoms with Crippen LogP contribution in [0.5, 0.6) is 5.75 Å². The van der Waals surface area contributed by atoms with E-state index in [0.717, 1.165) is 16.9 Å². The number of hydrogen-bond acceptors (Lipinski definition) is 4. The molecule has 0 bridgehead atoms. The zero-order chi connectivity index (χ0) is 16.7. The quantitative estimate of drug-likeness (QED) is 0.798. The van der Waals surface area contributed by atoms with Gasteiger partial charge in [0.05, 0.1) is 6.10 Å². The Bertz CT molecular complexity index is 605. The Labute approximate surface area is 136 Å². The second-order valence-corrected chi connectivity index (χ2v) is 5.62. The first-order valence-corrected chi connectivity index (χ1v) is 7.69. The molecule has 2 aromatic carbocycles. The first-order valence-electron chi connectivity index (χ1n) is 7.69. The summed E-state index contributed by atoms with van der Waals surface area (Å²) in [5.74, 6) is 0.154. The lowest BCUT2D eigenvalue weighted by Crippen LogP contribution is -2.27. The van der Waals surface area contributed by atoms with Crippen molar-refractivity contribution in [2.24, 2.45) is 0 Å². The number of ether oxygens (including phenoxy) is 2. The molecule has 122 valence electrons. The van der Waals surface area contributed by atoms with Crippen molar-refractivity contribution in [3.05, 3.63) is 65.7 Å². The number of carbonyl (C=O) groups excluding carboxylic acids is 1. The van der Waals surface area contributed by atoms with E-state index in [9.17, 15) is 9.90 Å². The zero-order valence-corrected chi connectivity index (χ0v) is 13.4. The Morgan fingerprint density at radius 3 is 2.26 bits per heavy atom. The number of benzene rings is 2. The van der Waals surface area contributed by atoms with Gasteiger partial charge in [-0.25, -0.2) is 4.79 Å². The largest absolute Gasteiger partial charge is 0.489 e. The number of hydrogen-bond donors (Lipinski definition) is 1. The summed E-state index contributed by atoms with van der Waals surface area (Å²) < 4.78 is 10.7. The SMILES string of the molecule is CC(C)OC(=O)C(O)Cc1ccc(OCc2ccccc2)cc1. The van der Waals surface area contributed by atoms with Crippen LogP contribution in [0.25, 0.3) is 0 Å². The molecule has 1 unspecified atom stereocenters. The van der Waals surface area contributed by atoms with Gasteiger partial charge >= 0.3 is 5.97 Å². The highest BCUT2D eigenvalue weighted by Crippen LogP contribution is 2.15. The van der Waals surface area contributed by atoms with E-state index in [1.807, 2.05) is 54.6 Å². The number of carbonyl (C=O) groups is 1. The lowest BCUT2D eigenvalue weighted by molar-refractivity contribution is -0.157. The van der Waals surface area contributed by atoms with Gasteiger partial charge in [-0.3, -0.25) is 0 Å². The molecule has 0 spiro atoms. The molecule has 1 atom stereocenters. The minimum atomic E-state index is -1.14. The van der Waals surface area contributed by atoms with Crippen molar-refractivity contribution in [2.75, 3.05) is 0 Å². The van der Waals surface area contributed by atoms with Gasteiger partial charge in [0.1, 0.15) is 12.4 Å². The van der Waals surface area contributed by atoms with E-state index < -0.39 is 12.1 Å². The molecule has 0 fully saturated rings. The Hall–Kier alpha value is -2.33. The van der Waals surface area contributed by atoms with Crippen molar-refractivity contribution in [3.8, 4) is 5.75 Å². The molecular formula is C19H22O4. The average Bonchev–Trinajstić information content (AvgIpc) is 2.54. The van der Waals surface area contributed by atoms with Crippen molar-refractivity contribution in [1.29, 1.82) is 0 Å². The van der Waals surface area contributed by atoms with Crippen LogP contribution in [0.3, 0.4) is 0 Å². The summed E-state index contributed by atoms with van der Waals surface area (Å²) in [7, 11) is 0.